The van der Waals surface area contributed by atoms with Crippen LogP contribution >= 0.6 is 0 Å². The number of likely N-dealkylation sites (tertiary alicyclic amines) is 1. The molecule has 1 aliphatic rings. The van der Waals surface area contributed by atoms with Crippen LogP contribution in [0.3, 0.4) is 0 Å². The molecular formula is C17H27N5O3. The molecule has 2 heterocycles. The van der Waals surface area contributed by atoms with Crippen molar-refractivity contribution < 1.29 is 14.3 Å². The molecule has 1 fully saturated rings. The van der Waals surface area contributed by atoms with Crippen molar-refractivity contribution in [3.63, 3.8) is 0 Å². The van der Waals surface area contributed by atoms with Crippen molar-refractivity contribution in [1.82, 2.24) is 20.0 Å². The summed E-state index contributed by atoms with van der Waals surface area (Å²) in [4.78, 5) is 27.3. The molecule has 1 N–H and O–H groups in total. The highest BCUT2D eigenvalue weighted by Crippen LogP contribution is 2.16. The molecule has 0 bridgehead atoms. The topological polar surface area (TPSA) is 87.7 Å². The van der Waals surface area contributed by atoms with Gasteiger partial charge in [-0.05, 0) is 45.7 Å². The summed E-state index contributed by atoms with van der Waals surface area (Å²) in [6.07, 6.45) is 1.39. The molecule has 1 aromatic heterocycles. The first-order valence-corrected chi connectivity index (χ1v) is 8.90. The van der Waals surface area contributed by atoms with Crippen molar-refractivity contribution in [3.8, 4) is 0 Å². The van der Waals surface area contributed by atoms with Gasteiger partial charge in [0, 0.05) is 32.2 Å². The molecule has 0 aromatic carbocycles. The largest absolute Gasteiger partial charge is 0.450 e. The summed E-state index contributed by atoms with van der Waals surface area (Å²) in [6, 6.07) is 3.70. The molecule has 1 saturated heterocycles. The van der Waals surface area contributed by atoms with E-state index in [4.69, 9.17) is 4.74 Å². The van der Waals surface area contributed by atoms with Gasteiger partial charge < -0.3 is 19.9 Å². The maximum atomic E-state index is 12.2. The molecule has 138 valence electrons. The Labute approximate surface area is 148 Å². The lowest BCUT2D eigenvalue weighted by Gasteiger charge is -2.31. The summed E-state index contributed by atoms with van der Waals surface area (Å²) in [5.41, 5.74) is 0.353. The van der Waals surface area contributed by atoms with Crippen LogP contribution in [0.4, 0.5) is 10.6 Å². The lowest BCUT2D eigenvalue weighted by Crippen LogP contribution is -2.42. The number of carbonyl (C=O) groups is 2. The lowest BCUT2D eigenvalue weighted by atomic mass is 10.1. The third-order valence-electron chi connectivity index (χ3n) is 4.31. The maximum Gasteiger partial charge on any atom is 0.409 e. The number of hydrogen-bond acceptors (Lipinski definition) is 6. The summed E-state index contributed by atoms with van der Waals surface area (Å²) in [5, 5.41) is 11.5. The summed E-state index contributed by atoms with van der Waals surface area (Å²) in [7, 11) is 0. The van der Waals surface area contributed by atoms with Gasteiger partial charge in [-0.15, -0.1) is 10.2 Å². The number of hydrogen-bond donors (Lipinski definition) is 1. The molecule has 2 rings (SSSR count). The van der Waals surface area contributed by atoms with Gasteiger partial charge >= 0.3 is 6.09 Å². The van der Waals surface area contributed by atoms with Crippen LogP contribution in [0.1, 0.15) is 44.1 Å². The fraction of sp³-hybridized carbons (Fsp3) is 0.647. The second kappa shape index (κ2) is 9.19. The number of nitrogens with zero attached hydrogens (tertiary/aromatic N) is 4. The second-order valence-corrected chi connectivity index (χ2v) is 5.89. The molecular weight excluding hydrogens is 322 g/mol. The number of carbonyl (C=O) groups excluding carboxylic acids is 2. The third-order valence-corrected chi connectivity index (χ3v) is 4.31. The monoisotopic (exact) mass is 349 g/mol. The van der Waals surface area contributed by atoms with Crippen molar-refractivity contribution in [1.29, 1.82) is 0 Å². The van der Waals surface area contributed by atoms with E-state index >= 15 is 0 Å². The van der Waals surface area contributed by atoms with Gasteiger partial charge in [0.1, 0.15) is 5.82 Å². The Kier molecular flexibility index (Phi) is 6.97. The number of nitrogens with one attached hydrogen (secondary N) is 1. The van der Waals surface area contributed by atoms with Crippen LogP contribution in [-0.2, 0) is 4.74 Å². The van der Waals surface area contributed by atoms with E-state index in [9.17, 15) is 9.59 Å². The SMILES string of the molecule is CCOC(=O)N1CCC(Nc2ccc(C(=O)N(CC)CC)nn2)CC1. The number of ether oxygens (including phenoxy) is 1. The van der Waals surface area contributed by atoms with E-state index in [-0.39, 0.29) is 18.0 Å². The molecule has 8 heteroatoms. The first kappa shape index (κ1) is 19.0. The fourth-order valence-electron chi connectivity index (χ4n) is 2.83. The van der Waals surface area contributed by atoms with E-state index < -0.39 is 0 Å². The van der Waals surface area contributed by atoms with Gasteiger partial charge in [-0.25, -0.2) is 4.79 Å². The summed E-state index contributed by atoms with van der Waals surface area (Å²) < 4.78 is 5.02. The minimum atomic E-state index is -0.250. The molecule has 0 spiro atoms. The van der Waals surface area contributed by atoms with Crippen LogP contribution in [-0.4, -0.2) is 70.8 Å². The smallest absolute Gasteiger partial charge is 0.409 e. The van der Waals surface area contributed by atoms with Crippen molar-refractivity contribution in [3.05, 3.63) is 17.8 Å². The number of piperidine rings is 1. The molecule has 0 aliphatic carbocycles. The zero-order valence-corrected chi connectivity index (χ0v) is 15.2. The van der Waals surface area contributed by atoms with Crippen LogP contribution in [0.15, 0.2) is 12.1 Å². The highest BCUT2D eigenvalue weighted by Gasteiger charge is 2.24. The first-order chi connectivity index (χ1) is 12.1. The summed E-state index contributed by atoms with van der Waals surface area (Å²) in [6.45, 7) is 8.68. The van der Waals surface area contributed by atoms with Gasteiger partial charge in [0.25, 0.3) is 5.91 Å². The molecule has 25 heavy (non-hydrogen) atoms. The van der Waals surface area contributed by atoms with Crippen molar-refractivity contribution in [2.45, 2.75) is 39.7 Å². The predicted octanol–water partition coefficient (Wildman–Crippen LogP) is 1.99. The number of rotatable bonds is 6. The van der Waals surface area contributed by atoms with E-state index in [1.807, 2.05) is 13.8 Å². The molecule has 8 nitrogen and oxygen atoms in total. The van der Waals surface area contributed by atoms with Crippen LogP contribution < -0.4 is 5.32 Å². The summed E-state index contributed by atoms with van der Waals surface area (Å²) in [5.74, 6) is 0.539. The van der Waals surface area contributed by atoms with Gasteiger partial charge in [0.15, 0.2) is 5.69 Å². The molecule has 1 aromatic rings. The number of amides is 2. The van der Waals surface area contributed by atoms with E-state index in [2.05, 4.69) is 15.5 Å². The van der Waals surface area contributed by atoms with Crippen LogP contribution in [0.25, 0.3) is 0 Å². The van der Waals surface area contributed by atoms with E-state index in [0.717, 1.165) is 12.8 Å². The van der Waals surface area contributed by atoms with Crippen molar-refractivity contribution in [2.75, 3.05) is 38.1 Å². The first-order valence-electron chi connectivity index (χ1n) is 8.90. The highest BCUT2D eigenvalue weighted by atomic mass is 16.6. The number of aromatic nitrogens is 2. The molecule has 0 unspecified atom stereocenters. The molecule has 0 atom stereocenters. The Morgan fingerprint density at radius 3 is 2.40 bits per heavy atom. The van der Waals surface area contributed by atoms with Crippen molar-refractivity contribution in [2.24, 2.45) is 0 Å². The van der Waals surface area contributed by atoms with Crippen molar-refractivity contribution >= 4 is 17.8 Å². The van der Waals surface area contributed by atoms with E-state index in [1.165, 1.54) is 0 Å². The quantitative estimate of drug-likeness (QED) is 0.845. The van der Waals surface area contributed by atoms with E-state index in [0.29, 0.717) is 44.3 Å². The standard InChI is InChI=1S/C17H27N5O3/c1-4-21(5-2)16(23)14-7-8-15(20-19-14)18-13-9-11-22(12-10-13)17(24)25-6-3/h7-8,13H,4-6,9-12H2,1-3H3,(H,18,20). The van der Waals surface area contributed by atoms with E-state index in [1.54, 1.807) is 28.9 Å². The Morgan fingerprint density at radius 1 is 1.20 bits per heavy atom. The Morgan fingerprint density at radius 2 is 1.88 bits per heavy atom. The average molecular weight is 349 g/mol. The van der Waals surface area contributed by atoms with Crippen LogP contribution in [0.5, 0.6) is 0 Å². The zero-order chi connectivity index (χ0) is 18.2. The van der Waals surface area contributed by atoms with Gasteiger partial charge in [0.2, 0.25) is 0 Å². The maximum absolute atomic E-state index is 12.2. The Hall–Kier alpha value is -2.38. The normalized spacial score (nSPS) is 14.9. The molecule has 0 radical (unpaired) electrons. The summed E-state index contributed by atoms with van der Waals surface area (Å²) >= 11 is 0. The minimum Gasteiger partial charge on any atom is -0.450 e. The second-order valence-electron chi connectivity index (χ2n) is 5.89. The Balaban J connectivity index is 1.86. The molecule has 1 aliphatic heterocycles. The highest BCUT2D eigenvalue weighted by molar-refractivity contribution is 5.92. The average Bonchev–Trinajstić information content (AvgIpc) is 2.64. The zero-order valence-electron chi connectivity index (χ0n) is 15.2. The molecule has 0 saturated carbocycles. The van der Waals surface area contributed by atoms with Gasteiger partial charge in [-0.1, -0.05) is 0 Å². The minimum absolute atomic E-state index is 0.105. The van der Waals surface area contributed by atoms with Gasteiger partial charge in [-0.3, -0.25) is 4.79 Å². The van der Waals surface area contributed by atoms with Crippen LogP contribution in [0, 0.1) is 0 Å². The Bertz CT molecular complexity index is 566. The predicted molar refractivity (Wildman–Crippen MR) is 94.5 cm³/mol. The third kappa shape index (κ3) is 5.04. The lowest BCUT2D eigenvalue weighted by molar-refractivity contribution is 0.0766. The fourth-order valence-corrected chi connectivity index (χ4v) is 2.83. The van der Waals surface area contributed by atoms with Gasteiger partial charge in [-0.2, -0.15) is 0 Å². The molecule has 2 amide bonds. The number of anilines is 1. The van der Waals surface area contributed by atoms with Crippen LogP contribution in [0.2, 0.25) is 0 Å². The van der Waals surface area contributed by atoms with Gasteiger partial charge in [0.05, 0.1) is 6.61 Å².